The fourth-order valence-corrected chi connectivity index (χ4v) is 2.01. The highest BCUT2D eigenvalue weighted by Gasteiger charge is 2.03. The minimum atomic E-state index is 0.0735. The molecule has 0 saturated carbocycles. The number of hydrogen-bond donors (Lipinski definition) is 1. The van der Waals surface area contributed by atoms with Crippen molar-refractivity contribution in [2.24, 2.45) is 0 Å². The summed E-state index contributed by atoms with van der Waals surface area (Å²) in [6.07, 6.45) is 0.555. The predicted molar refractivity (Wildman–Crippen MR) is 66.4 cm³/mol. The largest absolute Gasteiger partial charge is 0.392 e. The van der Waals surface area contributed by atoms with Gasteiger partial charge >= 0.3 is 0 Å². The van der Waals surface area contributed by atoms with Gasteiger partial charge in [-0.3, -0.25) is 4.79 Å². The highest BCUT2D eigenvalue weighted by molar-refractivity contribution is 7.99. The topological polar surface area (TPSA) is 40.5 Å². The Morgan fingerprint density at radius 2 is 1.94 bits per heavy atom. The second kappa shape index (κ2) is 6.55. The van der Waals surface area contributed by atoms with Crippen LogP contribution in [-0.4, -0.2) is 35.8 Å². The minimum Gasteiger partial charge on any atom is -0.392 e. The van der Waals surface area contributed by atoms with Crippen LogP contribution in [0.2, 0.25) is 0 Å². The van der Waals surface area contributed by atoms with Crippen LogP contribution in [0.25, 0.3) is 0 Å². The minimum absolute atomic E-state index is 0.0735. The number of carbonyl (C=O) groups is 1. The Bertz CT molecular complexity index is 335. The van der Waals surface area contributed by atoms with Crippen molar-refractivity contribution in [2.45, 2.75) is 17.9 Å². The van der Waals surface area contributed by atoms with Crippen LogP contribution in [0.4, 0.5) is 0 Å². The van der Waals surface area contributed by atoms with Gasteiger partial charge in [-0.05, 0) is 17.7 Å². The van der Waals surface area contributed by atoms with Crippen molar-refractivity contribution < 1.29 is 9.90 Å². The van der Waals surface area contributed by atoms with Crippen molar-refractivity contribution >= 4 is 17.7 Å². The Balaban J connectivity index is 2.34. The molecule has 0 bridgehead atoms. The molecular weight excluding hydrogens is 222 g/mol. The molecule has 0 saturated heterocycles. The maximum atomic E-state index is 11.3. The van der Waals surface area contributed by atoms with E-state index in [2.05, 4.69) is 0 Å². The van der Waals surface area contributed by atoms with Crippen molar-refractivity contribution in [2.75, 3.05) is 19.8 Å². The normalized spacial score (nSPS) is 10.2. The fraction of sp³-hybridized carbons (Fsp3) is 0.417. The molecule has 0 aliphatic carbocycles. The van der Waals surface area contributed by atoms with Crippen LogP contribution in [0.1, 0.15) is 12.0 Å². The first kappa shape index (κ1) is 13.1. The maximum absolute atomic E-state index is 11.3. The van der Waals surface area contributed by atoms with E-state index < -0.39 is 0 Å². The summed E-state index contributed by atoms with van der Waals surface area (Å²) in [6.45, 7) is 0.0735. The van der Waals surface area contributed by atoms with Crippen LogP contribution in [0, 0.1) is 0 Å². The molecule has 0 fully saturated rings. The lowest BCUT2D eigenvalue weighted by atomic mass is 10.2. The summed E-state index contributed by atoms with van der Waals surface area (Å²) >= 11 is 1.66. The Kier molecular flexibility index (Phi) is 5.35. The third kappa shape index (κ3) is 4.24. The van der Waals surface area contributed by atoms with E-state index in [0.717, 1.165) is 16.2 Å². The molecule has 1 aromatic carbocycles. The smallest absolute Gasteiger partial charge is 0.222 e. The first-order valence-electron chi connectivity index (χ1n) is 5.16. The van der Waals surface area contributed by atoms with Crippen LogP contribution >= 0.6 is 11.8 Å². The van der Waals surface area contributed by atoms with E-state index in [4.69, 9.17) is 5.11 Å². The number of carbonyl (C=O) groups excluding carboxylic acids is 1. The number of aliphatic hydroxyl groups is 1. The molecule has 0 aromatic heterocycles. The van der Waals surface area contributed by atoms with Crippen LogP contribution in [0.3, 0.4) is 0 Å². The van der Waals surface area contributed by atoms with E-state index in [1.54, 1.807) is 30.8 Å². The molecule has 0 aliphatic heterocycles. The van der Waals surface area contributed by atoms with Gasteiger partial charge in [0.05, 0.1) is 6.61 Å². The molecule has 0 unspecified atom stereocenters. The standard InChI is InChI=1S/C12H17NO2S/c1-13(2)12(15)7-8-16-11-5-3-10(9-14)4-6-11/h3-6,14H,7-9H2,1-2H3. The first-order valence-corrected chi connectivity index (χ1v) is 6.15. The number of aliphatic hydroxyl groups excluding tert-OH is 1. The number of rotatable bonds is 5. The second-order valence-electron chi connectivity index (χ2n) is 3.69. The van der Waals surface area contributed by atoms with Crippen molar-refractivity contribution in [3.05, 3.63) is 29.8 Å². The maximum Gasteiger partial charge on any atom is 0.222 e. The molecule has 1 N–H and O–H groups in total. The Morgan fingerprint density at radius 3 is 2.44 bits per heavy atom. The van der Waals surface area contributed by atoms with E-state index >= 15 is 0 Å². The average Bonchev–Trinajstić information content (AvgIpc) is 2.29. The van der Waals surface area contributed by atoms with E-state index in [-0.39, 0.29) is 12.5 Å². The van der Waals surface area contributed by atoms with Gasteiger partial charge in [0.2, 0.25) is 5.91 Å². The molecule has 0 aliphatic rings. The summed E-state index contributed by atoms with van der Waals surface area (Å²) < 4.78 is 0. The van der Waals surface area contributed by atoms with E-state index in [9.17, 15) is 4.79 Å². The Labute approximate surface area is 100 Å². The van der Waals surface area contributed by atoms with E-state index in [0.29, 0.717) is 6.42 Å². The monoisotopic (exact) mass is 239 g/mol. The van der Waals surface area contributed by atoms with Gasteiger partial charge < -0.3 is 10.0 Å². The van der Waals surface area contributed by atoms with Crippen LogP contribution in [-0.2, 0) is 11.4 Å². The molecule has 88 valence electrons. The average molecular weight is 239 g/mol. The van der Waals surface area contributed by atoms with Crippen molar-refractivity contribution in [1.29, 1.82) is 0 Å². The molecule has 4 heteroatoms. The molecule has 1 rings (SSSR count). The third-order valence-electron chi connectivity index (χ3n) is 2.19. The summed E-state index contributed by atoms with van der Waals surface area (Å²) in [6, 6.07) is 7.74. The van der Waals surface area contributed by atoms with Crippen LogP contribution in [0.15, 0.2) is 29.2 Å². The zero-order valence-electron chi connectivity index (χ0n) is 9.64. The van der Waals surface area contributed by atoms with E-state index in [1.165, 1.54) is 0 Å². The van der Waals surface area contributed by atoms with Crippen LogP contribution < -0.4 is 0 Å². The van der Waals surface area contributed by atoms with Gasteiger partial charge in [0.25, 0.3) is 0 Å². The molecule has 0 spiro atoms. The van der Waals surface area contributed by atoms with Crippen LogP contribution in [0.5, 0.6) is 0 Å². The summed E-state index contributed by atoms with van der Waals surface area (Å²) in [5.41, 5.74) is 0.911. The van der Waals surface area contributed by atoms with Crippen molar-refractivity contribution in [3.8, 4) is 0 Å². The van der Waals surface area contributed by atoms with Crippen molar-refractivity contribution in [3.63, 3.8) is 0 Å². The molecule has 0 atom stereocenters. The zero-order chi connectivity index (χ0) is 12.0. The van der Waals surface area contributed by atoms with Crippen molar-refractivity contribution in [1.82, 2.24) is 4.90 Å². The number of hydrogen-bond acceptors (Lipinski definition) is 3. The van der Waals surface area contributed by atoms with Gasteiger partial charge in [0, 0.05) is 31.2 Å². The predicted octanol–water partition coefficient (Wildman–Crippen LogP) is 1.75. The van der Waals surface area contributed by atoms with Gasteiger partial charge in [0.1, 0.15) is 0 Å². The number of amides is 1. The molecule has 16 heavy (non-hydrogen) atoms. The summed E-state index contributed by atoms with van der Waals surface area (Å²) in [4.78, 5) is 14.0. The fourth-order valence-electron chi connectivity index (χ4n) is 1.17. The summed E-state index contributed by atoms with van der Waals surface area (Å²) in [7, 11) is 3.53. The Hall–Kier alpha value is -1.00. The van der Waals surface area contributed by atoms with Gasteiger partial charge in [-0.15, -0.1) is 11.8 Å². The molecule has 1 amide bonds. The van der Waals surface area contributed by atoms with Gasteiger partial charge in [-0.25, -0.2) is 0 Å². The highest BCUT2D eigenvalue weighted by Crippen LogP contribution is 2.19. The SMILES string of the molecule is CN(C)C(=O)CCSc1ccc(CO)cc1. The summed E-state index contributed by atoms with van der Waals surface area (Å²) in [5, 5.41) is 8.88. The number of benzene rings is 1. The third-order valence-corrected chi connectivity index (χ3v) is 3.20. The summed E-state index contributed by atoms with van der Waals surface area (Å²) in [5.74, 6) is 0.939. The first-order chi connectivity index (χ1) is 7.63. The molecule has 3 nitrogen and oxygen atoms in total. The van der Waals surface area contributed by atoms with Gasteiger partial charge in [-0.2, -0.15) is 0 Å². The lowest BCUT2D eigenvalue weighted by molar-refractivity contribution is -0.128. The quantitative estimate of drug-likeness (QED) is 0.796. The molecular formula is C12H17NO2S. The number of thioether (sulfide) groups is 1. The molecule has 1 aromatic rings. The van der Waals surface area contributed by atoms with E-state index in [1.807, 2.05) is 24.3 Å². The number of nitrogens with zero attached hydrogens (tertiary/aromatic N) is 1. The lowest BCUT2D eigenvalue weighted by Crippen LogP contribution is -2.21. The van der Waals surface area contributed by atoms with Gasteiger partial charge in [0.15, 0.2) is 0 Å². The van der Waals surface area contributed by atoms with Gasteiger partial charge in [-0.1, -0.05) is 12.1 Å². The highest BCUT2D eigenvalue weighted by atomic mass is 32.2. The molecule has 0 radical (unpaired) electrons. The zero-order valence-corrected chi connectivity index (χ0v) is 10.5. The second-order valence-corrected chi connectivity index (χ2v) is 4.86. The molecule has 0 heterocycles. The Morgan fingerprint density at radius 1 is 1.31 bits per heavy atom. The lowest BCUT2D eigenvalue weighted by Gasteiger charge is -2.09.